The van der Waals surface area contributed by atoms with Gasteiger partial charge < -0.3 is 15.3 Å². The molecular weight excluding hydrogens is 320 g/mol. The van der Waals surface area contributed by atoms with Crippen molar-refractivity contribution in [2.24, 2.45) is 13.0 Å². The number of aromatic nitrogens is 4. The topological polar surface area (TPSA) is 96.2 Å². The number of nitrogens with one attached hydrogen (secondary N) is 1. The average Bonchev–Trinajstić information content (AvgIpc) is 2.96. The fraction of sp³-hybridized carbons (Fsp3) is 0.529. The molecule has 2 heterocycles. The minimum absolute atomic E-state index is 0.147. The molecule has 25 heavy (non-hydrogen) atoms. The highest BCUT2D eigenvalue weighted by Gasteiger charge is 2.27. The summed E-state index contributed by atoms with van der Waals surface area (Å²) in [5.41, 5.74) is 0.430. The van der Waals surface area contributed by atoms with Crippen LogP contribution < -0.4 is 5.32 Å². The summed E-state index contributed by atoms with van der Waals surface area (Å²) in [4.78, 5) is 21.4. The van der Waals surface area contributed by atoms with Crippen molar-refractivity contribution in [3.63, 3.8) is 0 Å². The van der Waals surface area contributed by atoms with E-state index in [1.54, 1.807) is 17.2 Å². The summed E-state index contributed by atoms with van der Waals surface area (Å²) in [6, 6.07) is 3.78. The molecule has 0 aliphatic rings. The van der Waals surface area contributed by atoms with Crippen LogP contribution in [-0.2, 0) is 7.05 Å². The lowest BCUT2D eigenvalue weighted by molar-refractivity contribution is 0.0917. The van der Waals surface area contributed by atoms with E-state index in [0.717, 1.165) is 11.4 Å². The second-order valence-corrected chi connectivity index (χ2v) is 7.22. The van der Waals surface area contributed by atoms with E-state index >= 15 is 0 Å². The van der Waals surface area contributed by atoms with Gasteiger partial charge in [-0.15, -0.1) is 0 Å². The maximum Gasteiger partial charge on any atom is 0.407 e. The summed E-state index contributed by atoms with van der Waals surface area (Å²) in [6.07, 6.45) is 2.47. The van der Waals surface area contributed by atoms with Gasteiger partial charge in [0.15, 0.2) is 5.82 Å². The van der Waals surface area contributed by atoms with E-state index < -0.39 is 11.6 Å². The Hall–Kier alpha value is -2.64. The molecule has 2 aromatic heterocycles. The molecule has 0 saturated carbocycles. The normalized spacial score (nSPS) is 12.7. The Morgan fingerprint density at radius 3 is 2.56 bits per heavy atom. The van der Waals surface area contributed by atoms with E-state index in [1.165, 1.54) is 4.90 Å². The predicted octanol–water partition coefficient (Wildman–Crippen LogP) is 2.70. The van der Waals surface area contributed by atoms with Crippen LogP contribution in [0.3, 0.4) is 0 Å². The lowest BCUT2D eigenvalue weighted by Crippen LogP contribution is -2.47. The van der Waals surface area contributed by atoms with Gasteiger partial charge in [0, 0.05) is 37.4 Å². The Bertz CT molecular complexity index is 705. The Labute approximate surface area is 147 Å². The Morgan fingerprint density at radius 2 is 2.08 bits per heavy atom. The summed E-state index contributed by atoms with van der Waals surface area (Å²) >= 11 is 0. The van der Waals surface area contributed by atoms with Crippen LogP contribution >= 0.6 is 0 Å². The maximum absolute atomic E-state index is 11.4. The highest BCUT2D eigenvalue weighted by Crippen LogP contribution is 2.17. The SMILES string of the molecule is CC(CNc1ccc(-c2ncn(C)n2)cn1)CN(C(=O)O)C(C)(C)C. The summed E-state index contributed by atoms with van der Waals surface area (Å²) in [7, 11) is 1.82. The molecule has 0 aliphatic carbocycles. The first-order valence-corrected chi connectivity index (χ1v) is 8.23. The fourth-order valence-electron chi connectivity index (χ4n) is 2.40. The van der Waals surface area contributed by atoms with Gasteiger partial charge in [0.25, 0.3) is 0 Å². The van der Waals surface area contributed by atoms with Crippen molar-refractivity contribution in [3.05, 3.63) is 24.7 Å². The number of anilines is 1. The molecule has 1 unspecified atom stereocenters. The van der Waals surface area contributed by atoms with Crippen LogP contribution in [0.25, 0.3) is 11.4 Å². The van der Waals surface area contributed by atoms with Gasteiger partial charge in [-0.2, -0.15) is 5.10 Å². The third-order valence-corrected chi connectivity index (χ3v) is 3.79. The maximum atomic E-state index is 11.4. The summed E-state index contributed by atoms with van der Waals surface area (Å²) in [6.45, 7) is 8.80. The zero-order chi connectivity index (χ0) is 18.6. The first-order valence-electron chi connectivity index (χ1n) is 8.23. The number of hydrogen-bond donors (Lipinski definition) is 2. The number of pyridine rings is 1. The average molecular weight is 346 g/mol. The third-order valence-electron chi connectivity index (χ3n) is 3.79. The van der Waals surface area contributed by atoms with E-state index in [-0.39, 0.29) is 5.92 Å². The van der Waals surface area contributed by atoms with Crippen molar-refractivity contribution in [2.75, 3.05) is 18.4 Å². The fourth-order valence-corrected chi connectivity index (χ4v) is 2.40. The largest absolute Gasteiger partial charge is 0.465 e. The number of aryl methyl sites for hydroxylation is 1. The molecular formula is C17H26N6O2. The Kier molecular flexibility index (Phi) is 5.61. The van der Waals surface area contributed by atoms with Gasteiger partial charge in [-0.25, -0.2) is 14.8 Å². The lowest BCUT2D eigenvalue weighted by Gasteiger charge is -2.35. The lowest BCUT2D eigenvalue weighted by atomic mass is 10.0. The van der Waals surface area contributed by atoms with Crippen LogP contribution in [0.2, 0.25) is 0 Å². The molecule has 0 saturated heterocycles. The van der Waals surface area contributed by atoms with Crippen molar-refractivity contribution in [1.82, 2.24) is 24.6 Å². The van der Waals surface area contributed by atoms with Gasteiger partial charge >= 0.3 is 6.09 Å². The van der Waals surface area contributed by atoms with Crippen molar-refractivity contribution in [2.45, 2.75) is 33.2 Å². The number of amides is 1. The highest BCUT2D eigenvalue weighted by molar-refractivity contribution is 5.66. The molecule has 136 valence electrons. The van der Waals surface area contributed by atoms with Gasteiger partial charge in [0.2, 0.25) is 0 Å². The molecule has 0 bridgehead atoms. The van der Waals surface area contributed by atoms with Crippen molar-refractivity contribution in [3.8, 4) is 11.4 Å². The zero-order valence-corrected chi connectivity index (χ0v) is 15.4. The van der Waals surface area contributed by atoms with E-state index in [1.807, 2.05) is 46.9 Å². The van der Waals surface area contributed by atoms with Crippen LogP contribution in [0, 0.1) is 5.92 Å². The van der Waals surface area contributed by atoms with Gasteiger partial charge in [-0.3, -0.25) is 4.68 Å². The Morgan fingerprint density at radius 1 is 1.36 bits per heavy atom. The minimum atomic E-state index is -0.898. The standard InChI is InChI=1S/C17H26N6O2/c1-12(10-23(16(24)25)17(2,3)4)8-18-14-7-6-13(9-19-14)15-20-11-22(5)21-15/h6-7,9,11-12H,8,10H2,1-5H3,(H,18,19)(H,24,25). The molecule has 8 nitrogen and oxygen atoms in total. The number of hydrogen-bond acceptors (Lipinski definition) is 5. The second kappa shape index (κ2) is 7.50. The zero-order valence-electron chi connectivity index (χ0n) is 15.4. The quantitative estimate of drug-likeness (QED) is 0.835. The molecule has 0 spiro atoms. The number of carboxylic acid groups (broad SMARTS) is 1. The molecule has 2 N–H and O–H groups in total. The van der Waals surface area contributed by atoms with Crippen LogP contribution in [0.1, 0.15) is 27.7 Å². The molecule has 2 rings (SSSR count). The molecule has 1 atom stereocenters. The monoisotopic (exact) mass is 346 g/mol. The third kappa shape index (κ3) is 5.17. The smallest absolute Gasteiger partial charge is 0.407 e. The second-order valence-electron chi connectivity index (χ2n) is 7.22. The van der Waals surface area contributed by atoms with Crippen LogP contribution in [0.4, 0.5) is 10.6 Å². The van der Waals surface area contributed by atoms with Gasteiger partial charge in [-0.05, 0) is 38.8 Å². The van der Waals surface area contributed by atoms with Crippen LogP contribution in [0.5, 0.6) is 0 Å². The molecule has 0 aliphatic heterocycles. The highest BCUT2D eigenvalue weighted by atomic mass is 16.4. The van der Waals surface area contributed by atoms with Gasteiger partial charge in [0.05, 0.1) is 0 Å². The molecule has 2 aromatic rings. The van der Waals surface area contributed by atoms with Crippen LogP contribution in [-0.4, -0.2) is 54.5 Å². The summed E-state index contributed by atoms with van der Waals surface area (Å²) in [5.74, 6) is 1.52. The van der Waals surface area contributed by atoms with Crippen LogP contribution in [0.15, 0.2) is 24.7 Å². The van der Waals surface area contributed by atoms with E-state index in [4.69, 9.17) is 0 Å². The molecule has 0 fully saturated rings. The number of rotatable bonds is 6. The Balaban J connectivity index is 1.91. The van der Waals surface area contributed by atoms with Crippen molar-refractivity contribution >= 4 is 11.9 Å². The molecule has 0 radical (unpaired) electrons. The molecule has 0 aromatic carbocycles. The van der Waals surface area contributed by atoms with Gasteiger partial charge in [0.1, 0.15) is 12.1 Å². The first kappa shape index (κ1) is 18.7. The molecule has 1 amide bonds. The van der Waals surface area contributed by atoms with Gasteiger partial charge in [-0.1, -0.05) is 6.92 Å². The predicted molar refractivity (Wildman–Crippen MR) is 96.4 cm³/mol. The van der Waals surface area contributed by atoms with E-state index in [2.05, 4.69) is 20.4 Å². The van der Waals surface area contributed by atoms with E-state index in [9.17, 15) is 9.90 Å². The van der Waals surface area contributed by atoms with E-state index in [0.29, 0.717) is 18.9 Å². The number of carbonyl (C=O) groups is 1. The van der Waals surface area contributed by atoms with Crippen molar-refractivity contribution in [1.29, 1.82) is 0 Å². The summed E-state index contributed by atoms with van der Waals surface area (Å²) in [5, 5.41) is 16.9. The summed E-state index contributed by atoms with van der Waals surface area (Å²) < 4.78 is 1.65. The number of nitrogens with zero attached hydrogens (tertiary/aromatic N) is 5. The minimum Gasteiger partial charge on any atom is -0.465 e. The molecule has 8 heteroatoms. The van der Waals surface area contributed by atoms with Crippen molar-refractivity contribution < 1.29 is 9.90 Å². The first-order chi connectivity index (χ1) is 11.7.